The minimum absolute atomic E-state index is 0.0824. The van der Waals surface area contributed by atoms with Crippen molar-refractivity contribution >= 4 is 28.4 Å². The number of H-pyrrole nitrogens is 1. The molecule has 2 N–H and O–H groups in total. The Bertz CT molecular complexity index is 1160. The van der Waals surface area contributed by atoms with Gasteiger partial charge in [-0.15, -0.1) is 10.2 Å². The molecular formula is C20H15N5O2S. The Labute approximate surface area is 164 Å². The lowest BCUT2D eigenvalue weighted by molar-refractivity contribution is 0.399. The molecule has 0 aliphatic carbocycles. The molecule has 4 aromatic rings. The van der Waals surface area contributed by atoms with Crippen LogP contribution in [-0.2, 0) is 0 Å². The second-order valence-electron chi connectivity index (χ2n) is 5.97. The number of aromatic nitrogens is 4. The first-order valence-corrected chi connectivity index (χ1v) is 9.37. The maximum absolute atomic E-state index is 10.6. The number of aliphatic hydroxyl groups excluding tert-OH is 1. The van der Waals surface area contributed by atoms with E-state index in [0.717, 1.165) is 16.6 Å². The molecule has 28 heavy (non-hydrogen) atoms. The van der Waals surface area contributed by atoms with E-state index in [1.54, 1.807) is 6.92 Å². The van der Waals surface area contributed by atoms with Gasteiger partial charge in [0.2, 0.25) is 5.89 Å². The maximum Gasteiger partial charge on any atom is 0.277 e. The van der Waals surface area contributed by atoms with Crippen LogP contribution in [0.25, 0.3) is 28.1 Å². The number of aliphatic hydroxyl groups is 1. The first kappa shape index (κ1) is 17.8. The molecule has 0 radical (unpaired) electrons. The zero-order valence-corrected chi connectivity index (χ0v) is 15.6. The first-order chi connectivity index (χ1) is 13.7. The number of nitriles is 1. The number of fused-ring (bicyclic) bond motifs is 1. The molecule has 2 aromatic carbocycles. The van der Waals surface area contributed by atoms with Crippen molar-refractivity contribution in [2.24, 2.45) is 0 Å². The molecule has 0 amide bonds. The van der Waals surface area contributed by atoms with Crippen LogP contribution in [0.2, 0.25) is 0 Å². The van der Waals surface area contributed by atoms with E-state index < -0.39 is 5.25 Å². The third-order valence-corrected chi connectivity index (χ3v) is 5.03. The lowest BCUT2D eigenvalue weighted by Crippen LogP contribution is -2.04. The molecule has 1 atom stereocenters. The largest absolute Gasteiger partial charge is 0.510 e. The van der Waals surface area contributed by atoms with Crippen molar-refractivity contribution in [2.75, 3.05) is 0 Å². The zero-order chi connectivity index (χ0) is 19.5. The quantitative estimate of drug-likeness (QED) is 0.292. The number of nitrogens with zero attached hydrogens (tertiary/aromatic N) is 4. The predicted molar refractivity (Wildman–Crippen MR) is 106 cm³/mol. The van der Waals surface area contributed by atoms with Crippen LogP contribution >= 0.6 is 11.8 Å². The summed E-state index contributed by atoms with van der Waals surface area (Å²) in [6, 6.07) is 18.9. The van der Waals surface area contributed by atoms with Gasteiger partial charge in [-0.25, -0.2) is 4.98 Å². The fraction of sp³-hybridized carbons (Fsp3) is 0.100. The number of thioether (sulfide) groups is 1. The molecule has 4 rings (SSSR count). The zero-order valence-electron chi connectivity index (χ0n) is 14.8. The molecule has 0 fully saturated rings. The molecule has 7 nitrogen and oxygen atoms in total. The molecule has 0 bridgehead atoms. The van der Waals surface area contributed by atoms with Crippen molar-refractivity contribution in [3.8, 4) is 17.5 Å². The van der Waals surface area contributed by atoms with Crippen LogP contribution in [0.15, 0.2) is 70.0 Å². The van der Waals surface area contributed by atoms with Gasteiger partial charge >= 0.3 is 0 Å². The molecule has 0 saturated heterocycles. The second kappa shape index (κ2) is 7.58. The minimum Gasteiger partial charge on any atom is -0.510 e. The number of rotatable bonds is 5. The van der Waals surface area contributed by atoms with Crippen LogP contribution in [0.4, 0.5) is 0 Å². The third kappa shape index (κ3) is 3.48. The summed E-state index contributed by atoms with van der Waals surface area (Å²) in [5.74, 6) is 0.617. The highest BCUT2D eigenvalue weighted by molar-refractivity contribution is 7.99. The number of imidazole rings is 1. The van der Waals surface area contributed by atoms with Gasteiger partial charge in [-0.3, -0.25) is 0 Å². The minimum atomic E-state index is -0.480. The molecule has 138 valence electrons. The fourth-order valence-electron chi connectivity index (χ4n) is 2.67. The Morgan fingerprint density at radius 1 is 1.14 bits per heavy atom. The van der Waals surface area contributed by atoms with E-state index in [2.05, 4.69) is 20.2 Å². The summed E-state index contributed by atoms with van der Waals surface area (Å²) >= 11 is 1.17. The van der Waals surface area contributed by atoms with E-state index in [0.29, 0.717) is 16.9 Å². The van der Waals surface area contributed by atoms with Gasteiger partial charge in [0.05, 0.1) is 16.3 Å². The number of hydrogen-bond acceptors (Lipinski definition) is 7. The summed E-state index contributed by atoms with van der Waals surface area (Å²) in [7, 11) is 0. The molecule has 0 spiro atoms. The number of para-hydroxylation sites is 2. The van der Waals surface area contributed by atoms with E-state index in [9.17, 15) is 10.4 Å². The first-order valence-electron chi connectivity index (χ1n) is 8.49. The van der Waals surface area contributed by atoms with Gasteiger partial charge in [-0.05, 0) is 31.2 Å². The van der Waals surface area contributed by atoms with Gasteiger partial charge < -0.3 is 14.5 Å². The average Bonchev–Trinajstić information content (AvgIpc) is 3.36. The Morgan fingerprint density at radius 2 is 1.89 bits per heavy atom. The van der Waals surface area contributed by atoms with Crippen molar-refractivity contribution in [3.05, 3.63) is 66.2 Å². The molecule has 0 saturated carbocycles. The van der Waals surface area contributed by atoms with Gasteiger partial charge in [-0.1, -0.05) is 42.1 Å². The maximum atomic E-state index is 10.6. The SMILES string of the molecule is C[C@@H](Sc1nnc(-c2ccccc2)o1)/C(O)=C(\C#N)c1nc2ccccc2[nH]1. The van der Waals surface area contributed by atoms with E-state index in [-0.39, 0.29) is 11.3 Å². The normalized spacial score (nSPS) is 13.1. The number of benzene rings is 2. The highest BCUT2D eigenvalue weighted by atomic mass is 32.2. The molecule has 0 aliphatic rings. The lowest BCUT2D eigenvalue weighted by Gasteiger charge is -2.08. The summed E-state index contributed by atoms with van der Waals surface area (Å²) in [6.07, 6.45) is 0. The number of aromatic amines is 1. The molecule has 8 heteroatoms. The van der Waals surface area contributed by atoms with Crippen molar-refractivity contribution < 1.29 is 9.52 Å². The van der Waals surface area contributed by atoms with Crippen LogP contribution in [0.1, 0.15) is 12.7 Å². The van der Waals surface area contributed by atoms with Crippen LogP contribution in [0.3, 0.4) is 0 Å². The Morgan fingerprint density at radius 3 is 2.64 bits per heavy atom. The van der Waals surface area contributed by atoms with Gasteiger partial charge in [0.1, 0.15) is 17.4 Å². The van der Waals surface area contributed by atoms with Crippen molar-refractivity contribution in [1.29, 1.82) is 5.26 Å². The molecule has 0 unspecified atom stereocenters. The standard InChI is InChI=1S/C20H15N5O2S/c1-12(28-20-25-24-19(27-20)13-7-3-2-4-8-13)17(26)14(11-21)18-22-15-9-5-6-10-16(15)23-18/h2-10,12,26H,1H3,(H,22,23)/b17-14-/t12-/m1/s1. The number of allylic oxidation sites excluding steroid dienone is 1. The lowest BCUT2D eigenvalue weighted by atomic mass is 10.2. The number of hydrogen-bond donors (Lipinski definition) is 2. The Kier molecular flexibility index (Phi) is 4.83. The molecule has 2 heterocycles. The van der Waals surface area contributed by atoms with E-state index in [1.165, 1.54) is 11.8 Å². The van der Waals surface area contributed by atoms with Gasteiger partial charge in [0.15, 0.2) is 5.82 Å². The highest BCUT2D eigenvalue weighted by Gasteiger charge is 2.21. The second-order valence-corrected chi connectivity index (χ2v) is 7.27. The molecule has 0 aliphatic heterocycles. The summed E-state index contributed by atoms with van der Waals surface area (Å²) in [5, 5.41) is 28.1. The Hall–Kier alpha value is -3.57. The van der Waals surface area contributed by atoms with Crippen LogP contribution in [-0.4, -0.2) is 30.5 Å². The smallest absolute Gasteiger partial charge is 0.277 e. The van der Waals surface area contributed by atoms with Crippen LogP contribution in [0.5, 0.6) is 0 Å². The van der Waals surface area contributed by atoms with Gasteiger partial charge in [0, 0.05) is 5.56 Å². The summed E-state index contributed by atoms with van der Waals surface area (Å²) in [5.41, 5.74) is 2.42. The van der Waals surface area contributed by atoms with Crippen molar-refractivity contribution in [2.45, 2.75) is 17.4 Å². The van der Waals surface area contributed by atoms with Gasteiger partial charge in [-0.2, -0.15) is 5.26 Å². The Balaban J connectivity index is 1.58. The van der Waals surface area contributed by atoms with Crippen LogP contribution < -0.4 is 0 Å². The predicted octanol–water partition coefficient (Wildman–Crippen LogP) is 4.59. The van der Waals surface area contributed by atoms with E-state index >= 15 is 0 Å². The van der Waals surface area contributed by atoms with E-state index in [1.807, 2.05) is 60.7 Å². The summed E-state index contributed by atoms with van der Waals surface area (Å²) in [4.78, 5) is 7.44. The average molecular weight is 389 g/mol. The van der Waals surface area contributed by atoms with Crippen molar-refractivity contribution in [3.63, 3.8) is 0 Å². The van der Waals surface area contributed by atoms with Crippen molar-refractivity contribution in [1.82, 2.24) is 20.2 Å². The monoisotopic (exact) mass is 389 g/mol. The molecular weight excluding hydrogens is 374 g/mol. The summed E-state index contributed by atoms with van der Waals surface area (Å²) in [6.45, 7) is 1.76. The fourth-order valence-corrected chi connectivity index (χ4v) is 3.41. The van der Waals surface area contributed by atoms with E-state index in [4.69, 9.17) is 4.42 Å². The highest BCUT2D eigenvalue weighted by Crippen LogP contribution is 2.31. The number of nitrogens with one attached hydrogen (secondary N) is 1. The van der Waals surface area contributed by atoms with Crippen LogP contribution in [0, 0.1) is 11.3 Å². The summed E-state index contributed by atoms with van der Waals surface area (Å²) < 4.78 is 5.66. The topological polar surface area (TPSA) is 112 Å². The third-order valence-electron chi connectivity index (χ3n) is 4.08. The molecule has 2 aromatic heterocycles. The van der Waals surface area contributed by atoms with Gasteiger partial charge in [0.25, 0.3) is 5.22 Å².